The third-order valence-electron chi connectivity index (χ3n) is 3.96. The molecule has 0 spiro atoms. The second-order valence-electron chi connectivity index (χ2n) is 6.24. The van der Waals surface area contributed by atoms with Gasteiger partial charge in [0.2, 0.25) is 5.82 Å². The van der Waals surface area contributed by atoms with Crippen molar-refractivity contribution in [3.63, 3.8) is 0 Å². The minimum Gasteiger partial charge on any atom is -0.422 e. The van der Waals surface area contributed by atoms with Crippen molar-refractivity contribution in [2.75, 3.05) is 0 Å². The zero-order valence-electron chi connectivity index (χ0n) is 16.1. The Morgan fingerprint density at radius 1 is 1.10 bits per heavy atom. The van der Waals surface area contributed by atoms with E-state index in [2.05, 4.69) is 25.9 Å². The molecule has 0 aliphatic carbocycles. The standard InChI is InChI=1S/C21H16N6O3S/c28-19(14-27-25-20(24-26-27)16-7-2-1-3-8-16)23-22-13-15-6-4-9-17(12-15)30-21(29)18-10-5-11-31-18/h1-13H,14H2,(H,23,28)/b22-13-. The van der Waals surface area contributed by atoms with Gasteiger partial charge in [0, 0.05) is 5.56 Å². The van der Waals surface area contributed by atoms with E-state index in [4.69, 9.17) is 4.74 Å². The Kier molecular flexibility index (Phi) is 6.19. The maximum atomic E-state index is 12.1. The minimum absolute atomic E-state index is 0.129. The average molecular weight is 432 g/mol. The van der Waals surface area contributed by atoms with E-state index in [0.717, 1.165) is 5.56 Å². The molecule has 9 nitrogen and oxygen atoms in total. The highest BCUT2D eigenvalue weighted by Gasteiger charge is 2.10. The van der Waals surface area contributed by atoms with Crippen LogP contribution >= 0.6 is 11.3 Å². The molecule has 0 aliphatic rings. The zero-order valence-corrected chi connectivity index (χ0v) is 16.9. The molecule has 1 N–H and O–H groups in total. The van der Waals surface area contributed by atoms with Crippen molar-refractivity contribution in [2.24, 2.45) is 5.10 Å². The van der Waals surface area contributed by atoms with Crippen LogP contribution in [0.2, 0.25) is 0 Å². The SMILES string of the molecule is O=C(Cn1nnc(-c2ccccc2)n1)N/N=C\c1cccc(OC(=O)c2cccs2)c1. The lowest BCUT2D eigenvalue weighted by Gasteiger charge is -2.03. The Bertz CT molecular complexity index is 1200. The number of tetrazole rings is 1. The van der Waals surface area contributed by atoms with Gasteiger partial charge in [-0.15, -0.1) is 21.5 Å². The zero-order chi connectivity index (χ0) is 21.5. The van der Waals surface area contributed by atoms with Gasteiger partial charge in [0.1, 0.15) is 17.2 Å². The van der Waals surface area contributed by atoms with Crippen molar-refractivity contribution >= 4 is 29.4 Å². The molecule has 31 heavy (non-hydrogen) atoms. The van der Waals surface area contributed by atoms with Gasteiger partial charge < -0.3 is 4.74 Å². The maximum absolute atomic E-state index is 12.1. The number of benzene rings is 2. The summed E-state index contributed by atoms with van der Waals surface area (Å²) in [6.07, 6.45) is 1.45. The van der Waals surface area contributed by atoms with Crippen LogP contribution in [0.3, 0.4) is 0 Å². The molecule has 4 rings (SSSR count). The largest absolute Gasteiger partial charge is 0.422 e. The van der Waals surface area contributed by atoms with Gasteiger partial charge in [0.15, 0.2) is 0 Å². The smallest absolute Gasteiger partial charge is 0.353 e. The average Bonchev–Trinajstić information content (AvgIpc) is 3.47. The van der Waals surface area contributed by atoms with Crippen molar-refractivity contribution in [2.45, 2.75) is 6.54 Å². The Morgan fingerprint density at radius 3 is 2.77 bits per heavy atom. The summed E-state index contributed by atoms with van der Waals surface area (Å²) < 4.78 is 5.34. The van der Waals surface area contributed by atoms with E-state index in [1.165, 1.54) is 22.3 Å². The lowest BCUT2D eigenvalue weighted by Crippen LogP contribution is -2.24. The van der Waals surface area contributed by atoms with E-state index in [0.29, 0.717) is 22.0 Å². The second-order valence-corrected chi connectivity index (χ2v) is 7.19. The second kappa shape index (κ2) is 9.55. The quantitative estimate of drug-likeness (QED) is 0.208. The molecule has 0 aliphatic heterocycles. The predicted octanol–water partition coefficient (Wildman–Crippen LogP) is 2.77. The minimum atomic E-state index is -0.424. The molecule has 0 bridgehead atoms. The summed E-state index contributed by atoms with van der Waals surface area (Å²) in [5.74, 6) is -0.0131. The van der Waals surface area contributed by atoms with Crippen molar-refractivity contribution in [3.8, 4) is 17.1 Å². The number of esters is 1. The number of thiophene rings is 1. The van der Waals surface area contributed by atoms with Crippen LogP contribution in [-0.4, -0.2) is 38.3 Å². The number of rotatable bonds is 7. The molecule has 1 amide bonds. The molecule has 2 aromatic heterocycles. The first kappa shape index (κ1) is 20.1. The Morgan fingerprint density at radius 2 is 1.97 bits per heavy atom. The molecule has 2 heterocycles. The molecule has 0 atom stereocenters. The summed E-state index contributed by atoms with van der Waals surface area (Å²) in [6.45, 7) is -0.129. The molecule has 0 radical (unpaired) electrons. The number of nitrogens with zero attached hydrogens (tertiary/aromatic N) is 5. The van der Waals surface area contributed by atoms with Crippen LogP contribution in [0.1, 0.15) is 15.2 Å². The normalized spacial score (nSPS) is 10.8. The Hall–Kier alpha value is -4.18. The summed E-state index contributed by atoms with van der Waals surface area (Å²) in [4.78, 5) is 25.8. The highest BCUT2D eigenvalue weighted by Crippen LogP contribution is 2.16. The predicted molar refractivity (Wildman–Crippen MR) is 115 cm³/mol. The fourth-order valence-corrected chi connectivity index (χ4v) is 3.16. The van der Waals surface area contributed by atoms with Gasteiger partial charge in [0.25, 0.3) is 5.91 Å². The molecule has 4 aromatic rings. The third kappa shape index (κ3) is 5.46. The third-order valence-corrected chi connectivity index (χ3v) is 4.81. The first-order valence-corrected chi connectivity index (χ1v) is 10.1. The van der Waals surface area contributed by atoms with Gasteiger partial charge in [-0.2, -0.15) is 9.90 Å². The van der Waals surface area contributed by atoms with Gasteiger partial charge in [-0.05, 0) is 34.4 Å². The van der Waals surface area contributed by atoms with Gasteiger partial charge in [-0.3, -0.25) is 4.79 Å². The molecule has 0 unspecified atom stereocenters. The van der Waals surface area contributed by atoms with E-state index in [1.54, 1.807) is 41.8 Å². The highest BCUT2D eigenvalue weighted by atomic mass is 32.1. The Labute approximate surface area is 181 Å². The lowest BCUT2D eigenvalue weighted by atomic mass is 10.2. The van der Waals surface area contributed by atoms with E-state index in [9.17, 15) is 9.59 Å². The fourth-order valence-electron chi connectivity index (χ4n) is 2.57. The molecular formula is C21H16N6O3S. The number of hydrogen-bond acceptors (Lipinski definition) is 8. The number of hydrogen-bond donors (Lipinski definition) is 1. The molecule has 2 aromatic carbocycles. The first-order valence-electron chi connectivity index (χ1n) is 9.18. The van der Waals surface area contributed by atoms with Crippen LogP contribution < -0.4 is 10.2 Å². The van der Waals surface area contributed by atoms with E-state index >= 15 is 0 Å². The number of carbonyl (C=O) groups is 2. The summed E-state index contributed by atoms with van der Waals surface area (Å²) in [6, 6.07) is 19.6. The monoisotopic (exact) mass is 432 g/mol. The van der Waals surface area contributed by atoms with Gasteiger partial charge in [-0.25, -0.2) is 10.2 Å². The summed E-state index contributed by atoms with van der Waals surface area (Å²) in [5, 5.41) is 17.7. The van der Waals surface area contributed by atoms with Crippen molar-refractivity contribution in [1.82, 2.24) is 25.6 Å². The topological polar surface area (TPSA) is 111 Å². The molecule has 154 valence electrons. The van der Waals surface area contributed by atoms with Crippen LogP contribution in [-0.2, 0) is 11.3 Å². The number of ether oxygens (including phenoxy) is 1. The number of hydrazone groups is 1. The summed E-state index contributed by atoms with van der Waals surface area (Å²) >= 11 is 1.31. The molecular weight excluding hydrogens is 416 g/mol. The number of nitrogens with one attached hydrogen (secondary N) is 1. The number of carbonyl (C=O) groups excluding carboxylic acids is 2. The van der Waals surface area contributed by atoms with Crippen LogP contribution in [0.25, 0.3) is 11.4 Å². The van der Waals surface area contributed by atoms with Crippen molar-refractivity contribution in [3.05, 3.63) is 82.6 Å². The summed E-state index contributed by atoms with van der Waals surface area (Å²) in [7, 11) is 0. The number of amides is 1. The maximum Gasteiger partial charge on any atom is 0.353 e. The molecule has 10 heteroatoms. The van der Waals surface area contributed by atoms with Crippen LogP contribution in [0, 0.1) is 0 Å². The first-order chi connectivity index (χ1) is 15.2. The molecule has 0 fully saturated rings. The number of aromatic nitrogens is 4. The Balaban J connectivity index is 1.31. The van der Waals surface area contributed by atoms with Crippen LogP contribution in [0.5, 0.6) is 5.75 Å². The van der Waals surface area contributed by atoms with Crippen molar-refractivity contribution in [1.29, 1.82) is 0 Å². The van der Waals surface area contributed by atoms with Gasteiger partial charge in [0.05, 0.1) is 6.21 Å². The lowest BCUT2D eigenvalue weighted by molar-refractivity contribution is -0.122. The van der Waals surface area contributed by atoms with Crippen LogP contribution in [0.15, 0.2) is 77.2 Å². The summed E-state index contributed by atoms with van der Waals surface area (Å²) in [5.41, 5.74) is 3.87. The van der Waals surface area contributed by atoms with Gasteiger partial charge >= 0.3 is 5.97 Å². The molecule has 0 saturated heterocycles. The van der Waals surface area contributed by atoms with Crippen molar-refractivity contribution < 1.29 is 14.3 Å². The van der Waals surface area contributed by atoms with E-state index in [-0.39, 0.29) is 6.54 Å². The molecule has 0 saturated carbocycles. The van der Waals surface area contributed by atoms with Crippen LogP contribution in [0.4, 0.5) is 0 Å². The van der Waals surface area contributed by atoms with E-state index < -0.39 is 11.9 Å². The van der Waals surface area contributed by atoms with Gasteiger partial charge in [-0.1, -0.05) is 48.5 Å². The highest BCUT2D eigenvalue weighted by molar-refractivity contribution is 7.12. The van der Waals surface area contributed by atoms with E-state index in [1.807, 2.05) is 30.3 Å². The fraction of sp³-hybridized carbons (Fsp3) is 0.0476.